The highest BCUT2D eigenvalue weighted by Gasteiger charge is 2.19. The van der Waals surface area contributed by atoms with E-state index in [1.807, 2.05) is 6.92 Å². The van der Waals surface area contributed by atoms with Crippen molar-refractivity contribution in [2.45, 2.75) is 30.7 Å². The standard InChI is InChI=1S/C12H16N2O3S/c1-3-5-9(4-2)14-18(16,17)10-6-7-12(15)11(13)8-10/h2,6-9,14-15H,3,5,13H2,1H3. The highest BCUT2D eigenvalue weighted by atomic mass is 32.2. The number of phenolic OH excluding ortho intramolecular Hbond substituents is 1. The summed E-state index contributed by atoms with van der Waals surface area (Å²) in [5.41, 5.74) is 5.46. The number of phenols is 1. The molecule has 1 aromatic carbocycles. The van der Waals surface area contributed by atoms with E-state index in [9.17, 15) is 13.5 Å². The number of nitrogens with two attached hydrogens (primary N) is 1. The fraction of sp³-hybridized carbons (Fsp3) is 0.333. The summed E-state index contributed by atoms with van der Waals surface area (Å²) >= 11 is 0. The second kappa shape index (κ2) is 5.76. The molecule has 0 spiro atoms. The van der Waals surface area contributed by atoms with Crippen LogP contribution < -0.4 is 10.5 Å². The summed E-state index contributed by atoms with van der Waals surface area (Å²) < 4.78 is 26.4. The van der Waals surface area contributed by atoms with Gasteiger partial charge >= 0.3 is 0 Å². The van der Waals surface area contributed by atoms with Gasteiger partial charge in [0.25, 0.3) is 0 Å². The molecule has 4 N–H and O–H groups in total. The predicted octanol–water partition coefficient (Wildman–Crippen LogP) is 1.05. The van der Waals surface area contributed by atoms with Crippen molar-refractivity contribution in [2.24, 2.45) is 0 Å². The molecule has 1 aromatic rings. The SMILES string of the molecule is C#CC(CCC)NS(=O)(=O)c1ccc(O)c(N)c1. The Hall–Kier alpha value is -1.71. The first kappa shape index (κ1) is 14.4. The molecule has 0 aromatic heterocycles. The molecule has 0 aliphatic rings. The lowest BCUT2D eigenvalue weighted by molar-refractivity contribution is 0.477. The Kier molecular flexibility index (Phi) is 4.59. The van der Waals surface area contributed by atoms with Gasteiger partial charge in [-0.1, -0.05) is 19.3 Å². The monoisotopic (exact) mass is 268 g/mol. The molecule has 6 heteroatoms. The number of sulfonamides is 1. The Bertz CT molecular complexity index is 561. The van der Waals surface area contributed by atoms with Gasteiger partial charge in [-0.05, 0) is 24.6 Å². The summed E-state index contributed by atoms with van der Waals surface area (Å²) in [5, 5.41) is 9.25. The smallest absolute Gasteiger partial charge is 0.241 e. The molecule has 0 aliphatic heterocycles. The summed E-state index contributed by atoms with van der Waals surface area (Å²) in [4.78, 5) is -0.0193. The largest absolute Gasteiger partial charge is 0.506 e. The molecule has 0 saturated heterocycles. The summed E-state index contributed by atoms with van der Waals surface area (Å²) in [5.74, 6) is 2.23. The average Bonchev–Trinajstić information content (AvgIpc) is 2.31. The number of nitrogens with one attached hydrogen (secondary N) is 1. The Morgan fingerprint density at radius 2 is 2.22 bits per heavy atom. The topological polar surface area (TPSA) is 92.4 Å². The highest BCUT2D eigenvalue weighted by molar-refractivity contribution is 7.89. The Labute approximate surface area is 107 Å². The zero-order valence-corrected chi connectivity index (χ0v) is 10.9. The summed E-state index contributed by atoms with van der Waals surface area (Å²) in [6.45, 7) is 1.91. The van der Waals surface area contributed by atoms with E-state index < -0.39 is 16.1 Å². The number of aromatic hydroxyl groups is 1. The molecule has 5 nitrogen and oxygen atoms in total. The Morgan fingerprint density at radius 1 is 1.56 bits per heavy atom. The molecule has 1 unspecified atom stereocenters. The summed E-state index contributed by atoms with van der Waals surface area (Å²) in [6, 6.07) is 3.15. The van der Waals surface area contributed by atoms with Crippen LogP contribution in [0.2, 0.25) is 0 Å². The van der Waals surface area contributed by atoms with Crippen LogP contribution in [0.4, 0.5) is 5.69 Å². The maximum Gasteiger partial charge on any atom is 0.241 e. The maximum absolute atomic E-state index is 12.0. The van der Waals surface area contributed by atoms with Crippen LogP contribution in [0.5, 0.6) is 5.75 Å². The van der Waals surface area contributed by atoms with Gasteiger partial charge in [-0.15, -0.1) is 6.42 Å². The number of terminal acetylenes is 1. The number of nitrogen functional groups attached to an aromatic ring is 1. The molecule has 0 bridgehead atoms. The van der Waals surface area contributed by atoms with Crippen molar-refractivity contribution < 1.29 is 13.5 Å². The molecule has 1 rings (SSSR count). The fourth-order valence-corrected chi connectivity index (χ4v) is 2.65. The Balaban J connectivity index is 2.99. The minimum atomic E-state index is -3.72. The van der Waals surface area contributed by atoms with E-state index >= 15 is 0 Å². The van der Waals surface area contributed by atoms with Gasteiger partial charge in [0.2, 0.25) is 10.0 Å². The van der Waals surface area contributed by atoms with Gasteiger partial charge in [0, 0.05) is 0 Å². The highest BCUT2D eigenvalue weighted by Crippen LogP contribution is 2.23. The second-order valence-corrected chi connectivity index (χ2v) is 5.56. The van der Waals surface area contributed by atoms with Crippen LogP contribution >= 0.6 is 0 Å². The Morgan fingerprint density at radius 3 is 2.72 bits per heavy atom. The van der Waals surface area contributed by atoms with Crippen LogP contribution in [0.1, 0.15) is 19.8 Å². The minimum absolute atomic E-state index is 0.00521. The van der Waals surface area contributed by atoms with Gasteiger partial charge in [0.15, 0.2) is 0 Å². The summed E-state index contributed by atoms with van der Waals surface area (Å²) in [7, 11) is -3.72. The van der Waals surface area contributed by atoms with Crippen LogP contribution in [-0.4, -0.2) is 19.6 Å². The van der Waals surface area contributed by atoms with Gasteiger partial charge < -0.3 is 10.8 Å². The third kappa shape index (κ3) is 3.39. The number of rotatable bonds is 5. The molecule has 0 aliphatic carbocycles. The second-order valence-electron chi connectivity index (χ2n) is 3.85. The first-order valence-electron chi connectivity index (χ1n) is 5.47. The van der Waals surface area contributed by atoms with E-state index in [2.05, 4.69) is 10.6 Å². The minimum Gasteiger partial charge on any atom is -0.506 e. The van der Waals surface area contributed by atoms with Crippen LogP contribution in [0.3, 0.4) is 0 Å². The van der Waals surface area contributed by atoms with E-state index in [0.29, 0.717) is 6.42 Å². The van der Waals surface area contributed by atoms with E-state index in [0.717, 1.165) is 6.42 Å². The zero-order chi connectivity index (χ0) is 13.8. The van der Waals surface area contributed by atoms with Crippen molar-refractivity contribution in [2.75, 3.05) is 5.73 Å². The molecular weight excluding hydrogens is 252 g/mol. The molecule has 0 amide bonds. The number of hydrogen-bond donors (Lipinski definition) is 3. The van der Waals surface area contributed by atoms with Crippen LogP contribution in [-0.2, 0) is 10.0 Å². The normalized spacial score (nSPS) is 12.9. The van der Waals surface area contributed by atoms with Crippen molar-refractivity contribution in [3.8, 4) is 18.1 Å². The molecule has 98 valence electrons. The van der Waals surface area contributed by atoms with Gasteiger partial charge in [0.1, 0.15) is 5.75 Å². The first-order valence-corrected chi connectivity index (χ1v) is 6.96. The first-order chi connectivity index (χ1) is 8.40. The number of anilines is 1. The zero-order valence-electron chi connectivity index (χ0n) is 10.1. The average molecular weight is 268 g/mol. The molecular formula is C12H16N2O3S. The van der Waals surface area contributed by atoms with Gasteiger partial charge in [-0.25, -0.2) is 8.42 Å². The predicted molar refractivity (Wildman–Crippen MR) is 70.4 cm³/mol. The number of hydrogen-bond acceptors (Lipinski definition) is 4. The van der Waals surface area contributed by atoms with Crippen LogP contribution in [0.15, 0.2) is 23.1 Å². The third-order valence-electron chi connectivity index (χ3n) is 2.39. The van der Waals surface area contributed by atoms with E-state index in [1.54, 1.807) is 0 Å². The van der Waals surface area contributed by atoms with Crippen LogP contribution in [0, 0.1) is 12.3 Å². The van der Waals surface area contributed by atoms with Crippen molar-refractivity contribution >= 4 is 15.7 Å². The quantitative estimate of drug-likeness (QED) is 0.423. The molecule has 18 heavy (non-hydrogen) atoms. The fourth-order valence-electron chi connectivity index (χ4n) is 1.42. The van der Waals surface area contributed by atoms with E-state index in [-0.39, 0.29) is 16.3 Å². The third-order valence-corrected chi connectivity index (χ3v) is 3.85. The molecule has 0 radical (unpaired) electrons. The molecule has 0 fully saturated rings. The van der Waals surface area contributed by atoms with E-state index in [4.69, 9.17) is 12.2 Å². The maximum atomic E-state index is 12.0. The van der Waals surface area contributed by atoms with Gasteiger partial charge in [-0.2, -0.15) is 4.72 Å². The van der Waals surface area contributed by atoms with Crippen molar-refractivity contribution in [1.82, 2.24) is 4.72 Å². The van der Waals surface area contributed by atoms with Crippen molar-refractivity contribution in [3.05, 3.63) is 18.2 Å². The molecule has 1 atom stereocenters. The molecule has 0 saturated carbocycles. The molecule has 0 heterocycles. The summed E-state index contributed by atoms with van der Waals surface area (Å²) in [6.07, 6.45) is 6.59. The van der Waals surface area contributed by atoms with Crippen LogP contribution in [0.25, 0.3) is 0 Å². The van der Waals surface area contributed by atoms with Crippen molar-refractivity contribution in [1.29, 1.82) is 0 Å². The number of benzene rings is 1. The lowest BCUT2D eigenvalue weighted by Gasteiger charge is -2.13. The lowest BCUT2D eigenvalue weighted by Crippen LogP contribution is -2.33. The van der Waals surface area contributed by atoms with Crippen molar-refractivity contribution in [3.63, 3.8) is 0 Å². The van der Waals surface area contributed by atoms with Gasteiger partial charge in [-0.3, -0.25) is 0 Å². The van der Waals surface area contributed by atoms with Gasteiger partial charge in [0.05, 0.1) is 16.6 Å². The lowest BCUT2D eigenvalue weighted by atomic mass is 10.2. The van der Waals surface area contributed by atoms with E-state index in [1.165, 1.54) is 18.2 Å².